The standard InChI is InChI=1S/C14H20N4O2/c1-9-6-11(9)13(20)15-8-10-7-12(19)17-14(16-10)18-4-2-3-5-18/h7,9,11H,2-6,8H2,1H3,(H,15,20)(H,16,17,19)/t9-,11-/m1/s1. The summed E-state index contributed by atoms with van der Waals surface area (Å²) in [6.07, 6.45) is 3.22. The zero-order valence-corrected chi connectivity index (χ0v) is 11.7. The molecule has 108 valence electrons. The molecule has 3 rings (SSSR count). The number of rotatable bonds is 4. The molecule has 0 unspecified atom stereocenters. The Bertz CT molecular complexity index is 563. The van der Waals surface area contributed by atoms with E-state index in [1.165, 1.54) is 6.07 Å². The van der Waals surface area contributed by atoms with Crippen LogP contribution in [0.2, 0.25) is 0 Å². The van der Waals surface area contributed by atoms with Crippen molar-refractivity contribution in [3.05, 3.63) is 22.1 Å². The van der Waals surface area contributed by atoms with Gasteiger partial charge < -0.3 is 10.2 Å². The summed E-state index contributed by atoms with van der Waals surface area (Å²) in [4.78, 5) is 32.7. The van der Waals surface area contributed by atoms with Gasteiger partial charge in [0.25, 0.3) is 5.56 Å². The number of H-pyrrole nitrogens is 1. The van der Waals surface area contributed by atoms with E-state index in [-0.39, 0.29) is 17.4 Å². The third-order valence-corrected chi connectivity index (χ3v) is 4.08. The number of nitrogens with one attached hydrogen (secondary N) is 2. The van der Waals surface area contributed by atoms with Crippen molar-refractivity contribution in [3.8, 4) is 0 Å². The van der Waals surface area contributed by atoms with Gasteiger partial charge in [-0.05, 0) is 25.2 Å². The van der Waals surface area contributed by atoms with Gasteiger partial charge in [0.15, 0.2) is 0 Å². The lowest BCUT2D eigenvalue weighted by molar-refractivity contribution is -0.122. The van der Waals surface area contributed by atoms with E-state index in [9.17, 15) is 9.59 Å². The van der Waals surface area contributed by atoms with Gasteiger partial charge in [-0.15, -0.1) is 0 Å². The first-order valence-electron chi connectivity index (χ1n) is 7.26. The minimum Gasteiger partial charge on any atom is -0.350 e. The molecular formula is C14H20N4O2. The normalized spacial score (nSPS) is 24.8. The van der Waals surface area contributed by atoms with Crippen molar-refractivity contribution in [2.24, 2.45) is 11.8 Å². The molecule has 2 N–H and O–H groups in total. The van der Waals surface area contributed by atoms with E-state index in [0.717, 1.165) is 32.4 Å². The summed E-state index contributed by atoms with van der Waals surface area (Å²) in [6, 6.07) is 1.45. The summed E-state index contributed by atoms with van der Waals surface area (Å²) >= 11 is 0. The van der Waals surface area contributed by atoms with E-state index >= 15 is 0 Å². The van der Waals surface area contributed by atoms with Crippen LogP contribution in [0, 0.1) is 11.8 Å². The molecule has 2 atom stereocenters. The first-order valence-corrected chi connectivity index (χ1v) is 7.26. The molecule has 2 aliphatic rings. The van der Waals surface area contributed by atoms with Crippen LogP contribution in [-0.4, -0.2) is 29.0 Å². The second-order valence-corrected chi connectivity index (χ2v) is 5.79. The van der Waals surface area contributed by atoms with E-state index in [1.54, 1.807) is 0 Å². The Morgan fingerprint density at radius 3 is 2.85 bits per heavy atom. The van der Waals surface area contributed by atoms with E-state index in [0.29, 0.717) is 24.1 Å². The number of nitrogens with zero attached hydrogens (tertiary/aromatic N) is 2. The SMILES string of the molecule is C[C@@H]1C[C@H]1C(=O)NCc1cc(=O)[nH]c(N2CCCC2)n1. The summed E-state index contributed by atoms with van der Waals surface area (Å²) in [5.74, 6) is 1.33. The summed E-state index contributed by atoms with van der Waals surface area (Å²) < 4.78 is 0. The Kier molecular flexibility index (Phi) is 3.46. The van der Waals surface area contributed by atoms with Gasteiger partial charge in [-0.25, -0.2) is 4.98 Å². The van der Waals surface area contributed by atoms with Crippen molar-refractivity contribution in [3.63, 3.8) is 0 Å². The highest BCUT2D eigenvalue weighted by Crippen LogP contribution is 2.37. The molecule has 1 aromatic heterocycles. The highest BCUT2D eigenvalue weighted by Gasteiger charge is 2.38. The minimum atomic E-state index is -0.161. The maximum Gasteiger partial charge on any atom is 0.252 e. The van der Waals surface area contributed by atoms with Gasteiger partial charge in [-0.2, -0.15) is 0 Å². The van der Waals surface area contributed by atoms with E-state index in [2.05, 4.69) is 27.1 Å². The Morgan fingerprint density at radius 2 is 2.20 bits per heavy atom. The van der Waals surface area contributed by atoms with Crippen molar-refractivity contribution in [1.82, 2.24) is 15.3 Å². The molecule has 1 saturated carbocycles. The van der Waals surface area contributed by atoms with E-state index < -0.39 is 0 Å². The fourth-order valence-corrected chi connectivity index (χ4v) is 2.66. The highest BCUT2D eigenvalue weighted by atomic mass is 16.2. The van der Waals surface area contributed by atoms with Gasteiger partial charge in [-0.3, -0.25) is 14.6 Å². The lowest BCUT2D eigenvalue weighted by atomic mass is 10.3. The van der Waals surface area contributed by atoms with Gasteiger partial charge in [0, 0.05) is 25.1 Å². The molecule has 1 aliphatic carbocycles. The van der Waals surface area contributed by atoms with Gasteiger partial charge >= 0.3 is 0 Å². The zero-order valence-electron chi connectivity index (χ0n) is 11.7. The third kappa shape index (κ3) is 2.84. The quantitative estimate of drug-likeness (QED) is 0.846. The Labute approximate surface area is 117 Å². The van der Waals surface area contributed by atoms with Gasteiger partial charge in [-0.1, -0.05) is 6.92 Å². The number of hydrogen-bond donors (Lipinski definition) is 2. The fourth-order valence-electron chi connectivity index (χ4n) is 2.66. The molecule has 2 fully saturated rings. The van der Waals surface area contributed by atoms with Crippen LogP contribution < -0.4 is 15.8 Å². The lowest BCUT2D eigenvalue weighted by Gasteiger charge is -2.16. The molecule has 0 spiro atoms. The number of carbonyl (C=O) groups excluding carboxylic acids is 1. The summed E-state index contributed by atoms with van der Waals surface area (Å²) in [7, 11) is 0. The monoisotopic (exact) mass is 276 g/mol. The van der Waals surface area contributed by atoms with Gasteiger partial charge in [0.2, 0.25) is 11.9 Å². The largest absolute Gasteiger partial charge is 0.350 e. The maximum atomic E-state index is 11.8. The number of aromatic nitrogens is 2. The van der Waals surface area contributed by atoms with E-state index in [4.69, 9.17) is 0 Å². The predicted molar refractivity (Wildman–Crippen MR) is 75.4 cm³/mol. The Morgan fingerprint density at radius 1 is 1.50 bits per heavy atom. The van der Waals surface area contributed by atoms with Crippen LogP contribution in [0.5, 0.6) is 0 Å². The van der Waals surface area contributed by atoms with Crippen LogP contribution in [0.1, 0.15) is 31.9 Å². The Balaban J connectivity index is 1.66. The first-order chi connectivity index (χ1) is 9.63. The molecule has 2 heterocycles. The van der Waals surface area contributed by atoms with Crippen LogP contribution in [0.15, 0.2) is 10.9 Å². The molecule has 0 aromatic carbocycles. The number of carbonyl (C=O) groups is 1. The molecule has 1 amide bonds. The average Bonchev–Trinajstić information content (AvgIpc) is 2.93. The topological polar surface area (TPSA) is 78.1 Å². The molecule has 0 bridgehead atoms. The third-order valence-electron chi connectivity index (χ3n) is 4.08. The molecule has 20 heavy (non-hydrogen) atoms. The summed E-state index contributed by atoms with van der Waals surface area (Å²) in [6.45, 7) is 4.25. The van der Waals surface area contributed by atoms with Crippen molar-refractivity contribution < 1.29 is 4.79 Å². The molecule has 0 radical (unpaired) electrons. The average molecular weight is 276 g/mol. The smallest absolute Gasteiger partial charge is 0.252 e. The first kappa shape index (κ1) is 13.1. The number of aromatic amines is 1. The number of anilines is 1. The molecule has 1 saturated heterocycles. The minimum absolute atomic E-state index is 0.0716. The van der Waals surface area contributed by atoms with Gasteiger partial charge in [0.1, 0.15) is 0 Å². The van der Waals surface area contributed by atoms with Crippen LogP contribution in [-0.2, 0) is 11.3 Å². The van der Waals surface area contributed by atoms with Crippen molar-refractivity contribution in [1.29, 1.82) is 0 Å². The second-order valence-electron chi connectivity index (χ2n) is 5.79. The maximum absolute atomic E-state index is 11.8. The van der Waals surface area contributed by atoms with Crippen molar-refractivity contribution >= 4 is 11.9 Å². The molecule has 6 heteroatoms. The Hall–Kier alpha value is -1.85. The van der Waals surface area contributed by atoms with E-state index in [1.807, 2.05) is 0 Å². The van der Waals surface area contributed by atoms with Gasteiger partial charge in [0.05, 0.1) is 12.2 Å². The number of hydrogen-bond acceptors (Lipinski definition) is 4. The molecule has 1 aromatic rings. The second kappa shape index (κ2) is 5.26. The fraction of sp³-hybridized carbons (Fsp3) is 0.643. The van der Waals surface area contributed by atoms with Crippen molar-refractivity contribution in [2.75, 3.05) is 18.0 Å². The summed E-state index contributed by atoms with van der Waals surface area (Å²) in [5.41, 5.74) is 0.461. The van der Waals surface area contributed by atoms with Crippen molar-refractivity contribution in [2.45, 2.75) is 32.7 Å². The highest BCUT2D eigenvalue weighted by molar-refractivity contribution is 5.81. The molecular weight excluding hydrogens is 256 g/mol. The zero-order chi connectivity index (χ0) is 14.1. The summed E-state index contributed by atoms with van der Waals surface area (Å²) in [5, 5.41) is 2.86. The van der Waals surface area contributed by atoms with Crippen LogP contribution in [0.4, 0.5) is 5.95 Å². The van der Waals surface area contributed by atoms with Crippen LogP contribution in [0.3, 0.4) is 0 Å². The van der Waals surface area contributed by atoms with Crippen LogP contribution in [0.25, 0.3) is 0 Å². The predicted octanol–water partition coefficient (Wildman–Crippen LogP) is 0.642. The molecule has 1 aliphatic heterocycles. The molecule has 6 nitrogen and oxygen atoms in total. The van der Waals surface area contributed by atoms with Crippen LogP contribution >= 0.6 is 0 Å². The number of amides is 1. The lowest BCUT2D eigenvalue weighted by Crippen LogP contribution is -2.28.